The summed E-state index contributed by atoms with van der Waals surface area (Å²) < 4.78 is 1.13. The van der Waals surface area contributed by atoms with Crippen LogP contribution in [0.25, 0.3) is 0 Å². The molecule has 0 aliphatic heterocycles. The van der Waals surface area contributed by atoms with Gasteiger partial charge in [-0.1, -0.05) is 29.3 Å². The molecule has 0 saturated heterocycles. The summed E-state index contributed by atoms with van der Waals surface area (Å²) in [5, 5.41) is 0. The Hall–Kier alpha value is -0.540. The highest BCUT2D eigenvalue weighted by Gasteiger charge is 2.09. The van der Waals surface area contributed by atoms with Crippen LogP contribution < -0.4 is 10.6 Å². The average Bonchev–Trinajstić information content (AvgIpc) is 2.25. The van der Waals surface area contributed by atoms with Crippen LogP contribution in [0.5, 0.6) is 0 Å². The first kappa shape index (κ1) is 14.5. The van der Waals surface area contributed by atoms with Crippen molar-refractivity contribution in [2.24, 2.45) is 5.73 Å². The van der Waals surface area contributed by atoms with E-state index in [0.29, 0.717) is 0 Å². The summed E-state index contributed by atoms with van der Waals surface area (Å²) in [6.45, 7) is 5.37. The van der Waals surface area contributed by atoms with E-state index in [1.54, 1.807) is 0 Å². The molecule has 0 bridgehead atoms. The zero-order valence-corrected chi connectivity index (χ0v) is 12.6. The van der Waals surface area contributed by atoms with Crippen molar-refractivity contribution in [1.82, 2.24) is 0 Å². The molecule has 0 aliphatic rings. The van der Waals surface area contributed by atoms with E-state index in [9.17, 15) is 0 Å². The van der Waals surface area contributed by atoms with Crippen molar-refractivity contribution in [3.63, 3.8) is 0 Å². The lowest BCUT2D eigenvalue weighted by Gasteiger charge is -2.23. The molecule has 0 fully saturated rings. The Bertz CT molecular complexity index is 350. The fourth-order valence-corrected chi connectivity index (χ4v) is 2.36. The first-order valence-electron chi connectivity index (χ1n) is 6.29. The quantitative estimate of drug-likeness (QED) is 0.870. The third-order valence-electron chi connectivity index (χ3n) is 2.84. The third kappa shape index (κ3) is 4.68. The van der Waals surface area contributed by atoms with Gasteiger partial charge in [0, 0.05) is 29.8 Å². The molecule has 0 saturated carbocycles. The van der Waals surface area contributed by atoms with Crippen molar-refractivity contribution in [1.29, 1.82) is 0 Å². The van der Waals surface area contributed by atoms with Gasteiger partial charge in [-0.2, -0.15) is 0 Å². The summed E-state index contributed by atoms with van der Waals surface area (Å²) in [6, 6.07) is 6.66. The zero-order valence-electron chi connectivity index (χ0n) is 11.0. The summed E-state index contributed by atoms with van der Waals surface area (Å²) in [6.07, 6.45) is 3.37. The Balaban J connectivity index is 2.88. The van der Waals surface area contributed by atoms with Crippen molar-refractivity contribution in [3.05, 3.63) is 28.2 Å². The molecule has 1 rings (SSSR count). The monoisotopic (exact) mass is 298 g/mol. The molecule has 0 heterocycles. The maximum absolute atomic E-state index is 5.91. The lowest BCUT2D eigenvalue weighted by atomic mass is 10.0. The molecule has 0 aromatic heterocycles. The summed E-state index contributed by atoms with van der Waals surface area (Å²) in [7, 11) is 2.16. The molecular weight excluding hydrogens is 276 g/mol. The largest absolute Gasteiger partial charge is 0.374 e. The highest BCUT2D eigenvalue weighted by atomic mass is 79.9. The second kappa shape index (κ2) is 7.02. The van der Waals surface area contributed by atoms with Gasteiger partial charge in [-0.05, 0) is 43.5 Å². The molecule has 1 aromatic carbocycles. The molecule has 0 aliphatic carbocycles. The lowest BCUT2D eigenvalue weighted by Crippen LogP contribution is -2.23. The predicted octanol–water partition coefficient (Wildman–Crippen LogP) is 3.58. The molecule has 1 aromatic rings. The molecule has 2 nitrogen and oxygen atoms in total. The normalized spacial score (nSPS) is 12.5. The number of benzene rings is 1. The van der Waals surface area contributed by atoms with Gasteiger partial charge in [-0.25, -0.2) is 0 Å². The van der Waals surface area contributed by atoms with Crippen LogP contribution in [-0.2, 0) is 6.42 Å². The number of rotatable bonds is 6. The highest BCUT2D eigenvalue weighted by Crippen LogP contribution is 2.25. The van der Waals surface area contributed by atoms with Crippen LogP contribution >= 0.6 is 15.9 Å². The predicted molar refractivity (Wildman–Crippen MR) is 79.7 cm³/mol. The fourth-order valence-electron chi connectivity index (χ4n) is 1.95. The Labute approximate surface area is 113 Å². The topological polar surface area (TPSA) is 29.3 Å². The van der Waals surface area contributed by atoms with Gasteiger partial charge in [0.2, 0.25) is 0 Å². The Morgan fingerprint density at radius 3 is 2.71 bits per heavy atom. The SMILES string of the molecule is CCCCN(C)c1ccc(Br)cc1CC(C)N. The van der Waals surface area contributed by atoms with Gasteiger partial charge in [-0.3, -0.25) is 0 Å². The van der Waals surface area contributed by atoms with Gasteiger partial charge in [0.1, 0.15) is 0 Å². The van der Waals surface area contributed by atoms with E-state index in [1.807, 2.05) is 0 Å². The van der Waals surface area contributed by atoms with Crippen LogP contribution in [0.2, 0.25) is 0 Å². The van der Waals surface area contributed by atoms with Crippen LogP contribution in [0.1, 0.15) is 32.3 Å². The molecule has 1 atom stereocenters. The van der Waals surface area contributed by atoms with E-state index in [-0.39, 0.29) is 6.04 Å². The summed E-state index contributed by atoms with van der Waals surface area (Å²) >= 11 is 3.53. The maximum Gasteiger partial charge on any atom is 0.0397 e. The minimum absolute atomic E-state index is 0.197. The molecule has 3 heteroatoms. The Morgan fingerprint density at radius 1 is 1.41 bits per heavy atom. The second-order valence-corrected chi connectivity index (χ2v) is 5.65. The van der Waals surface area contributed by atoms with E-state index < -0.39 is 0 Å². The number of hydrogen-bond acceptors (Lipinski definition) is 2. The number of hydrogen-bond donors (Lipinski definition) is 1. The second-order valence-electron chi connectivity index (χ2n) is 4.73. The molecule has 0 amide bonds. The van der Waals surface area contributed by atoms with Gasteiger partial charge < -0.3 is 10.6 Å². The van der Waals surface area contributed by atoms with E-state index in [2.05, 4.69) is 59.9 Å². The molecular formula is C14H23BrN2. The van der Waals surface area contributed by atoms with Crippen LogP contribution in [0.3, 0.4) is 0 Å². The van der Waals surface area contributed by atoms with Crippen molar-refractivity contribution in [3.8, 4) is 0 Å². The van der Waals surface area contributed by atoms with Gasteiger partial charge >= 0.3 is 0 Å². The van der Waals surface area contributed by atoms with Crippen molar-refractivity contribution >= 4 is 21.6 Å². The number of anilines is 1. The first-order chi connectivity index (χ1) is 8.04. The number of unbranched alkanes of at least 4 members (excludes halogenated alkanes) is 1. The molecule has 2 N–H and O–H groups in total. The maximum atomic E-state index is 5.91. The van der Waals surface area contributed by atoms with E-state index in [0.717, 1.165) is 17.4 Å². The lowest BCUT2D eigenvalue weighted by molar-refractivity contribution is 0.726. The van der Waals surface area contributed by atoms with Gasteiger partial charge in [-0.15, -0.1) is 0 Å². The smallest absolute Gasteiger partial charge is 0.0397 e. The molecule has 0 spiro atoms. The van der Waals surface area contributed by atoms with Crippen LogP contribution in [0.15, 0.2) is 22.7 Å². The van der Waals surface area contributed by atoms with Crippen molar-refractivity contribution in [2.75, 3.05) is 18.5 Å². The number of halogens is 1. The first-order valence-corrected chi connectivity index (χ1v) is 7.09. The molecule has 1 unspecified atom stereocenters. The van der Waals surface area contributed by atoms with Crippen LogP contribution in [0.4, 0.5) is 5.69 Å². The van der Waals surface area contributed by atoms with Gasteiger partial charge in [0.25, 0.3) is 0 Å². The van der Waals surface area contributed by atoms with Crippen LogP contribution in [-0.4, -0.2) is 19.6 Å². The van der Waals surface area contributed by atoms with Gasteiger partial charge in [0.15, 0.2) is 0 Å². The minimum Gasteiger partial charge on any atom is -0.374 e. The minimum atomic E-state index is 0.197. The van der Waals surface area contributed by atoms with Crippen LogP contribution in [0, 0.1) is 0 Å². The van der Waals surface area contributed by atoms with Crippen molar-refractivity contribution < 1.29 is 0 Å². The number of nitrogens with zero attached hydrogens (tertiary/aromatic N) is 1. The average molecular weight is 299 g/mol. The molecule has 96 valence electrons. The van der Waals surface area contributed by atoms with Gasteiger partial charge in [0.05, 0.1) is 0 Å². The van der Waals surface area contributed by atoms with E-state index in [4.69, 9.17) is 5.73 Å². The number of nitrogens with two attached hydrogens (primary N) is 1. The van der Waals surface area contributed by atoms with E-state index >= 15 is 0 Å². The van der Waals surface area contributed by atoms with Crippen molar-refractivity contribution in [2.45, 2.75) is 39.2 Å². The third-order valence-corrected chi connectivity index (χ3v) is 3.34. The summed E-state index contributed by atoms with van der Waals surface area (Å²) in [5.74, 6) is 0. The summed E-state index contributed by atoms with van der Waals surface area (Å²) in [5.41, 5.74) is 8.54. The Morgan fingerprint density at radius 2 is 2.12 bits per heavy atom. The van der Waals surface area contributed by atoms with E-state index in [1.165, 1.54) is 24.1 Å². The zero-order chi connectivity index (χ0) is 12.8. The highest BCUT2D eigenvalue weighted by molar-refractivity contribution is 9.10. The summed E-state index contributed by atoms with van der Waals surface area (Å²) in [4.78, 5) is 2.33. The Kier molecular flexibility index (Phi) is 6.00. The fraction of sp³-hybridized carbons (Fsp3) is 0.571. The molecule has 17 heavy (non-hydrogen) atoms. The molecule has 0 radical (unpaired) electrons. The standard InChI is InChI=1S/C14H23BrN2/c1-4-5-8-17(3)14-7-6-13(15)10-12(14)9-11(2)16/h6-7,10-11H,4-5,8-9,16H2,1-3H3.